The molecule has 2 aromatic carbocycles. The van der Waals surface area contributed by atoms with E-state index in [9.17, 15) is 4.79 Å². The molecule has 0 aliphatic heterocycles. The molecule has 3 rings (SSSR count). The van der Waals surface area contributed by atoms with Crippen LogP contribution in [0.3, 0.4) is 0 Å². The Hall–Kier alpha value is -2.99. The van der Waals surface area contributed by atoms with E-state index in [1.54, 1.807) is 6.07 Å². The fraction of sp³-hybridized carbons (Fsp3) is 0.150. The van der Waals surface area contributed by atoms with E-state index in [-0.39, 0.29) is 5.91 Å². The predicted octanol–water partition coefficient (Wildman–Crippen LogP) is 4.11. The Kier molecular flexibility index (Phi) is 4.44. The summed E-state index contributed by atoms with van der Waals surface area (Å²) in [7, 11) is 0. The van der Waals surface area contributed by atoms with Gasteiger partial charge in [0.2, 0.25) is 5.91 Å². The summed E-state index contributed by atoms with van der Waals surface area (Å²) in [6.07, 6.45) is 9.56. The summed E-state index contributed by atoms with van der Waals surface area (Å²) < 4.78 is 0. The first-order valence-corrected chi connectivity index (χ1v) is 7.68. The van der Waals surface area contributed by atoms with Crippen LogP contribution in [0.25, 0.3) is 10.9 Å². The Labute approximate surface area is 135 Å². The van der Waals surface area contributed by atoms with Crippen molar-refractivity contribution in [3.05, 3.63) is 65.9 Å². The molecule has 0 atom stereocenters. The Balaban J connectivity index is 1.54. The molecular formula is C20H18N2O. The number of terminal acetylenes is 1. The van der Waals surface area contributed by atoms with Crippen LogP contribution in [0.1, 0.15) is 24.0 Å². The molecule has 1 heterocycles. The highest BCUT2D eigenvalue weighted by Gasteiger charge is 2.06. The summed E-state index contributed by atoms with van der Waals surface area (Å²) in [5.74, 6) is 2.58. The number of hydrogen-bond donors (Lipinski definition) is 2. The van der Waals surface area contributed by atoms with Gasteiger partial charge in [-0.3, -0.25) is 4.79 Å². The van der Waals surface area contributed by atoms with E-state index in [1.165, 1.54) is 10.9 Å². The number of H-pyrrole nitrogens is 1. The maximum Gasteiger partial charge on any atom is 0.224 e. The molecule has 1 aromatic heterocycles. The number of nitrogens with one attached hydrogen (secondary N) is 2. The minimum atomic E-state index is 0.0130. The van der Waals surface area contributed by atoms with Crippen LogP contribution in [0, 0.1) is 12.3 Å². The Morgan fingerprint density at radius 1 is 1.17 bits per heavy atom. The number of anilines is 1. The molecule has 114 valence electrons. The van der Waals surface area contributed by atoms with Crippen LogP contribution in [0.5, 0.6) is 0 Å². The van der Waals surface area contributed by atoms with Gasteiger partial charge in [0.1, 0.15) is 0 Å². The summed E-state index contributed by atoms with van der Waals surface area (Å²) in [5, 5.41) is 4.12. The Morgan fingerprint density at radius 2 is 2.04 bits per heavy atom. The highest BCUT2D eigenvalue weighted by atomic mass is 16.1. The summed E-state index contributed by atoms with van der Waals surface area (Å²) in [6, 6.07) is 15.5. The lowest BCUT2D eigenvalue weighted by atomic mass is 10.1. The van der Waals surface area contributed by atoms with Crippen LogP contribution in [-0.4, -0.2) is 10.9 Å². The molecule has 0 spiro atoms. The third-order valence-corrected chi connectivity index (χ3v) is 3.84. The number of fused-ring (bicyclic) bond motifs is 1. The first-order valence-electron chi connectivity index (χ1n) is 7.68. The number of aromatic amines is 1. The third-order valence-electron chi connectivity index (χ3n) is 3.84. The summed E-state index contributed by atoms with van der Waals surface area (Å²) in [6.45, 7) is 0. The average Bonchev–Trinajstić information content (AvgIpc) is 2.98. The predicted molar refractivity (Wildman–Crippen MR) is 94.2 cm³/mol. The molecule has 0 aliphatic carbocycles. The molecule has 0 saturated carbocycles. The van der Waals surface area contributed by atoms with Crippen LogP contribution >= 0.6 is 0 Å². The summed E-state index contributed by atoms with van der Waals surface area (Å²) >= 11 is 0. The van der Waals surface area contributed by atoms with Crippen LogP contribution < -0.4 is 5.32 Å². The second-order valence-corrected chi connectivity index (χ2v) is 5.49. The van der Waals surface area contributed by atoms with E-state index in [2.05, 4.69) is 28.4 Å². The molecule has 3 heteroatoms. The zero-order valence-corrected chi connectivity index (χ0v) is 12.8. The van der Waals surface area contributed by atoms with E-state index in [1.807, 2.05) is 36.5 Å². The lowest BCUT2D eigenvalue weighted by Gasteiger charge is -2.05. The number of benzene rings is 2. The monoisotopic (exact) mass is 302 g/mol. The second kappa shape index (κ2) is 6.85. The van der Waals surface area contributed by atoms with Crippen LogP contribution in [0.4, 0.5) is 5.69 Å². The maximum atomic E-state index is 12.0. The Bertz CT molecular complexity index is 870. The van der Waals surface area contributed by atoms with Crippen molar-refractivity contribution < 1.29 is 4.79 Å². The second-order valence-electron chi connectivity index (χ2n) is 5.49. The molecule has 0 unspecified atom stereocenters. The van der Waals surface area contributed by atoms with E-state index in [0.29, 0.717) is 6.42 Å². The number of amides is 1. The molecule has 3 nitrogen and oxygen atoms in total. The van der Waals surface area contributed by atoms with Crippen molar-refractivity contribution in [1.29, 1.82) is 0 Å². The van der Waals surface area contributed by atoms with E-state index < -0.39 is 0 Å². The third kappa shape index (κ3) is 3.61. The number of carbonyl (C=O) groups excluding carboxylic acids is 1. The lowest BCUT2D eigenvalue weighted by Crippen LogP contribution is -2.11. The topological polar surface area (TPSA) is 44.9 Å². The van der Waals surface area contributed by atoms with Gasteiger partial charge in [0.25, 0.3) is 0 Å². The van der Waals surface area contributed by atoms with Crippen LogP contribution in [0.2, 0.25) is 0 Å². The number of aromatic nitrogens is 1. The standard InChI is InChI=1S/C20H18N2O/c1-2-15-7-5-9-17(13-15)22-20(23)12-6-8-16-14-21-19-11-4-3-10-18(16)19/h1,3-5,7,9-11,13-14,21H,6,8,12H2,(H,22,23). The summed E-state index contributed by atoms with van der Waals surface area (Å²) in [4.78, 5) is 15.3. The van der Waals surface area contributed by atoms with Crippen molar-refractivity contribution >= 4 is 22.5 Å². The molecule has 0 aliphatic rings. The maximum absolute atomic E-state index is 12.0. The normalized spacial score (nSPS) is 10.4. The van der Waals surface area contributed by atoms with Gasteiger partial charge in [0, 0.05) is 34.8 Å². The highest BCUT2D eigenvalue weighted by molar-refractivity contribution is 5.91. The van der Waals surface area contributed by atoms with Crippen molar-refractivity contribution in [3.8, 4) is 12.3 Å². The first kappa shape index (κ1) is 14.9. The molecular weight excluding hydrogens is 284 g/mol. The minimum Gasteiger partial charge on any atom is -0.361 e. The van der Waals surface area contributed by atoms with Gasteiger partial charge in [-0.05, 0) is 42.7 Å². The van der Waals surface area contributed by atoms with Gasteiger partial charge in [-0.25, -0.2) is 0 Å². The van der Waals surface area contributed by atoms with Gasteiger partial charge in [-0.15, -0.1) is 6.42 Å². The summed E-state index contributed by atoms with van der Waals surface area (Å²) in [5.41, 5.74) is 3.90. The average molecular weight is 302 g/mol. The SMILES string of the molecule is C#Cc1cccc(NC(=O)CCCc2c[nH]c3ccccc23)c1. The highest BCUT2D eigenvalue weighted by Crippen LogP contribution is 2.19. The number of hydrogen-bond acceptors (Lipinski definition) is 1. The minimum absolute atomic E-state index is 0.0130. The molecule has 0 bridgehead atoms. The molecule has 2 N–H and O–H groups in total. The van der Waals surface area contributed by atoms with Gasteiger partial charge < -0.3 is 10.3 Å². The molecule has 0 saturated heterocycles. The Morgan fingerprint density at radius 3 is 2.91 bits per heavy atom. The van der Waals surface area contributed by atoms with Gasteiger partial charge in [0.05, 0.1) is 0 Å². The molecule has 0 radical (unpaired) electrons. The molecule has 0 fully saturated rings. The molecule has 1 amide bonds. The first-order chi connectivity index (χ1) is 11.3. The van der Waals surface area contributed by atoms with E-state index >= 15 is 0 Å². The van der Waals surface area contributed by atoms with Crippen molar-refractivity contribution in [2.24, 2.45) is 0 Å². The van der Waals surface area contributed by atoms with Crippen LogP contribution in [-0.2, 0) is 11.2 Å². The van der Waals surface area contributed by atoms with Crippen LogP contribution in [0.15, 0.2) is 54.7 Å². The zero-order chi connectivity index (χ0) is 16.1. The quantitative estimate of drug-likeness (QED) is 0.684. The smallest absolute Gasteiger partial charge is 0.224 e. The van der Waals surface area contributed by atoms with Gasteiger partial charge in [-0.1, -0.05) is 30.2 Å². The van der Waals surface area contributed by atoms with Gasteiger partial charge in [-0.2, -0.15) is 0 Å². The van der Waals surface area contributed by atoms with Gasteiger partial charge in [0.15, 0.2) is 0 Å². The molecule has 3 aromatic rings. The number of rotatable bonds is 5. The number of para-hydroxylation sites is 1. The lowest BCUT2D eigenvalue weighted by molar-refractivity contribution is -0.116. The van der Waals surface area contributed by atoms with Gasteiger partial charge >= 0.3 is 0 Å². The van der Waals surface area contributed by atoms with Crippen molar-refractivity contribution in [2.45, 2.75) is 19.3 Å². The van der Waals surface area contributed by atoms with E-state index in [0.717, 1.165) is 29.6 Å². The number of carbonyl (C=O) groups is 1. The van der Waals surface area contributed by atoms with Crippen molar-refractivity contribution in [2.75, 3.05) is 5.32 Å². The fourth-order valence-corrected chi connectivity index (χ4v) is 2.69. The van der Waals surface area contributed by atoms with Crippen molar-refractivity contribution in [3.63, 3.8) is 0 Å². The molecule has 23 heavy (non-hydrogen) atoms. The fourth-order valence-electron chi connectivity index (χ4n) is 2.69. The zero-order valence-electron chi connectivity index (χ0n) is 12.8. The van der Waals surface area contributed by atoms with E-state index in [4.69, 9.17) is 6.42 Å². The largest absolute Gasteiger partial charge is 0.361 e. The number of aryl methyl sites for hydroxylation is 1. The van der Waals surface area contributed by atoms with Crippen molar-refractivity contribution in [1.82, 2.24) is 4.98 Å².